The van der Waals surface area contributed by atoms with E-state index in [9.17, 15) is 4.79 Å². The summed E-state index contributed by atoms with van der Waals surface area (Å²) < 4.78 is 13.5. The number of benzene rings is 2. The molecule has 0 bridgehead atoms. The molecule has 0 spiro atoms. The van der Waals surface area contributed by atoms with Crippen LogP contribution in [0, 0.1) is 13.8 Å². The van der Waals surface area contributed by atoms with Crippen molar-refractivity contribution in [1.29, 1.82) is 0 Å². The number of hydrogen-bond donors (Lipinski definition) is 1. The average Bonchev–Trinajstić information content (AvgIpc) is 3.43. The Hall–Kier alpha value is -3.32. The van der Waals surface area contributed by atoms with Gasteiger partial charge in [0.25, 0.3) is 5.56 Å². The summed E-state index contributed by atoms with van der Waals surface area (Å²) in [5.41, 5.74) is 5.96. The fraction of sp³-hybridized carbons (Fsp3) is 0.269. The molecule has 7 heteroatoms. The van der Waals surface area contributed by atoms with Crippen molar-refractivity contribution in [1.82, 2.24) is 14.8 Å². The first-order chi connectivity index (χ1) is 16.0. The highest BCUT2D eigenvalue weighted by molar-refractivity contribution is 7.80. The summed E-state index contributed by atoms with van der Waals surface area (Å²) >= 11 is 4.81. The monoisotopic (exact) mass is 459 g/mol. The van der Waals surface area contributed by atoms with Crippen LogP contribution in [0.2, 0.25) is 0 Å². The van der Waals surface area contributed by atoms with Gasteiger partial charge in [0.2, 0.25) is 11.8 Å². The fourth-order valence-electron chi connectivity index (χ4n) is 4.59. The van der Waals surface area contributed by atoms with Crippen molar-refractivity contribution in [2.24, 2.45) is 0 Å². The van der Waals surface area contributed by atoms with Crippen molar-refractivity contribution in [2.45, 2.75) is 38.0 Å². The SMILES string of the molecule is COc1c(Cc2cccc(C)c2C)cc(=O)n2c1C(S)C[C@@H]2c1nnc(-c2ccccc2)o1. The van der Waals surface area contributed by atoms with E-state index in [0.29, 0.717) is 30.4 Å². The van der Waals surface area contributed by atoms with Crippen LogP contribution in [-0.4, -0.2) is 21.9 Å². The minimum absolute atomic E-state index is 0.118. The third-order valence-electron chi connectivity index (χ3n) is 6.44. The molecule has 0 N–H and O–H groups in total. The molecule has 0 aliphatic carbocycles. The molecule has 5 rings (SSSR count). The Morgan fingerprint density at radius 2 is 1.88 bits per heavy atom. The smallest absolute Gasteiger partial charge is 0.252 e. The molecule has 2 aromatic heterocycles. The minimum atomic E-state index is -0.386. The van der Waals surface area contributed by atoms with E-state index in [0.717, 1.165) is 16.8 Å². The van der Waals surface area contributed by atoms with Gasteiger partial charge < -0.3 is 9.15 Å². The van der Waals surface area contributed by atoms with E-state index in [1.807, 2.05) is 36.4 Å². The molecule has 1 aliphatic heterocycles. The van der Waals surface area contributed by atoms with Crippen molar-refractivity contribution in [3.8, 4) is 17.2 Å². The zero-order valence-corrected chi connectivity index (χ0v) is 19.7. The summed E-state index contributed by atoms with van der Waals surface area (Å²) in [5.74, 6) is 1.53. The van der Waals surface area contributed by atoms with Crippen LogP contribution in [0.3, 0.4) is 0 Å². The van der Waals surface area contributed by atoms with Crippen LogP contribution >= 0.6 is 12.6 Å². The van der Waals surface area contributed by atoms with Crippen LogP contribution < -0.4 is 10.3 Å². The zero-order valence-electron chi connectivity index (χ0n) is 18.8. The summed E-state index contributed by atoms with van der Waals surface area (Å²) in [6.07, 6.45) is 1.18. The first-order valence-corrected chi connectivity index (χ1v) is 11.4. The van der Waals surface area contributed by atoms with Gasteiger partial charge in [0.1, 0.15) is 11.8 Å². The predicted octanol–water partition coefficient (Wildman–Crippen LogP) is 5.08. The molecule has 1 unspecified atom stereocenters. The Morgan fingerprint density at radius 1 is 1.09 bits per heavy atom. The predicted molar refractivity (Wildman–Crippen MR) is 130 cm³/mol. The van der Waals surface area contributed by atoms with Crippen molar-refractivity contribution in [2.75, 3.05) is 7.11 Å². The van der Waals surface area contributed by atoms with Gasteiger partial charge in [-0.2, -0.15) is 12.6 Å². The first kappa shape index (κ1) is 21.5. The maximum absolute atomic E-state index is 13.3. The van der Waals surface area contributed by atoms with E-state index >= 15 is 0 Å². The Labute approximate surface area is 197 Å². The summed E-state index contributed by atoms with van der Waals surface area (Å²) in [6.45, 7) is 4.20. The molecular formula is C26H25N3O3S. The van der Waals surface area contributed by atoms with Crippen molar-refractivity contribution in [3.05, 3.63) is 98.8 Å². The number of pyridine rings is 1. The number of aromatic nitrogens is 3. The molecular weight excluding hydrogens is 434 g/mol. The lowest BCUT2D eigenvalue weighted by Crippen LogP contribution is -2.25. The Balaban J connectivity index is 1.57. The number of fused-ring (bicyclic) bond motifs is 1. The summed E-state index contributed by atoms with van der Waals surface area (Å²) in [5, 5.41) is 8.28. The Bertz CT molecular complexity index is 1380. The van der Waals surface area contributed by atoms with E-state index in [-0.39, 0.29) is 16.9 Å². The zero-order chi connectivity index (χ0) is 23.1. The molecule has 168 valence electrons. The first-order valence-electron chi connectivity index (χ1n) is 10.9. The molecule has 1 aliphatic rings. The van der Waals surface area contributed by atoms with Gasteiger partial charge in [-0.05, 0) is 49.1 Å². The van der Waals surface area contributed by atoms with Gasteiger partial charge in [0.05, 0.1) is 12.8 Å². The third-order valence-corrected chi connectivity index (χ3v) is 6.90. The van der Waals surface area contributed by atoms with Gasteiger partial charge in [-0.1, -0.05) is 36.4 Å². The summed E-state index contributed by atoms with van der Waals surface area (Å²) in [6, 6.07) is 17.1. The van der Waals surface area contributed by atoms with Gasteiger partial charge in [0, 0.05) is 28.9 Å². The maximum Gasteiger partial charge on any atom is 0.252 e. The van der Waals surface area contributed by atoms with Crippen LogP contribution in [0.15, 0.2) is 63.8 Å². The molecule has 6 nitrogen and oxygen atoms in total. The molecule has 4 aromatic rings. The number of rotatable bonds is 5. The molecule has 0 radical (unpaired) electrons. The molecule has 0 amide bonds. The van der Waals surface area contributed by atoms with Crippen LogP contribution in [0.1, 0.15) is 51.6 Å². The number of thiol groups is 1. The maximum atomic E-state index is 13.3. The number of methoxy groups -OCH3 is 1. The average molecular weight is 460 g/mol. The number of nitrogens with zero attached hydrogens (tertiary/aromatic N) is 3. The van der Waals surface area contributed by atoms with E-state index in [2.05, 4.69) is 36.2 Å². The molecule has 0 saturated heterocycles. The Morgan fingerprint density at radius 3 is 2.64 bits per heavy atom. The lowest BCUT2D eigenvalue weighted by molar-refractivity contribution is 0.394. The number of ether oxygens (including phenoxy) is 1. The summed E-state index contributed by atoms with van der Waals surface area (Å²) in [4.78, 5) is 13.3. The van der Waals surface area contributed by atoms with Gasteiger partial charge in [-0.25, -0.2) is 0 Å². The van der Waals surface area contributed by atoms with Crippen LogP contribution in [0.5, 0.6) is 5.75 Å². The normalized spacial score (nSPS) is 17.2. The van der Waals surface area contributed by atoms with Crippen LogP contribution in [0.25, 0.3) is 11.5 Å². The second-order valence-corrected chi connectivity index (χ2v) is 9.03. The fourth-order valence-corrected chi connectivity index (χ4v) is 5.03. The third kappa shape index (κ3) is 3.76. The van der Waals surface area contributed by atoms with Gasteiger partial charge in [-0.3, -0.25) is 9.36 Å². The standard InChI is InChI=1S/C26H25N3O3S/c1-15-8-7-11-18(16(15)2)12-19-13-22(30)29-20(14-21(33)23(29)24(19)31-3)26-28-27-25(32-26)17-9-5-4-6-10-17/h4-11,13,20-21,33H,12,14H2,1-3H3/t20-,21?/m1/s1. The lowest BCUT2D eigenvalue weighted by Gasteiger charge is -2.18. The lowest BCUT2D eigenvalue weighted by atomic mass is 9.96. The minimum Gasteiger partial charge on any atom is -0.495 e. The van der Waals surface area contributed by atoms with E-state index in [1.54, 1.807) is 17.7 Å². The Kier molecular flexibility index (Phi) is 5.58. The van der Waals surface area contributed by atoms with Crippen molar-refractivity contribution in [3.63, 3.8) is 0 Å². The summed E-state index contributed by atoms with van der Waals surface area (Å²) in [7, 11) is 1.64. The molecule has 2 aromatic carbocycles. The quantitative estimate of drug-likeness (QED) is 0.422. The van der Waals surface area contributed by atoms with E-state index in [4.69, 9.17) is 21.8 Å². The number of aryl methyl sites for hydroxylation is 1. The largest absolute Gasteiger partial charge is 0.495 e. The molecule has 0 fully saturated rings. The van der Waals surface area contributed by atoms with Crippen LogP contribution in [0.4, 0.5) is 0 Å². The van der Waals surface area contributed by atoms with E-state index < -0.39 is 0 Å². The van der Waals surface area contributed by atoms with E-state index in [1.165, 1.54) is 16.7 Å². The van der Waals surface area contributed by atoms with Crippen molar-refractivity contribution < 1.29 is 9.15 Å². The number of hydrogen-bond acceptors (Lipinski definition) is 6. The topological polar surface area (TPSA) is 70.2 Å². The molecule has 3 heterocycles. The molecule has 0 saturated carbocycles. The van der Waals surface area contributed by atoms with Gasteiger partial charge in [-0.15, -0.1) is 10.2 Å². The van der Waals surface area contributed by atoms with Crippen molar-refractivity contribution >= 4 is 12.6 Å². The van der Waals surface area contributed by atoms with Gasteiger partial charge in [0.15, 0.2) is 0 Å². The molecule has 2 atom stereocenters. The highest BCUT2D eigenvalue weighted by Crippen LogP contribution is 2.46. The molecule has 33 heavy (non-hydrogen) atoms. The van der Waals surface area contributed by atoms with Crippen LogP contribution in [-0.2, 0) is 6.42 Å². The second-order valence-electron chi connectivity index (χ2n) is 8.41. The second kappa shape index (κ2) is 8.56. The van der Waals surface area contributed by atoms with Gasteiger partial charge >= 0.3 is 0 Å². The highest BCUT2D eigenvalue weighted by atomic mass is 32.1. The highest BCUT2D eigenvalue weighted by Gasteiger charge is 2.37.